The SMILES string of the molecule is COc1ccccc1C(=O)NC(Cc1ccccc1)C1(c2ccccc2F)CCNCC1. The third-order valence-electron chi connectivity index (χ3n) is 6.51. The molecule has 166 valence electrons. The monoisotopic (exact) mass is 432 g/mol. The number of ether oxygens (including phenoxy) is 1. The van der Waals surface area contributed by atoms with Gasteiger partial charge in [0.2, 0.25) is 0 Å². The first kappa shape index (κ1) is 22.0. The van der Waals surface area contributed by atoms with Crippen LogP contribution in [0, 0.1) is 5.82 Å². The molecule has 1 aliphatic rings. The molecule has 32 heavy (non-hydrogen) atoms. The number of carbonyl (C=O) groups excluding carboxylic acids is 1. The van der Waals surface area contributed by atoms with Crippen LogP contribution in [0.1, 0.15) is 34.3 Å². The Labute approximate surface area is 188 Å². The van der Waals surface area contributed by atoms with E-state index >= 15 is 4.39 Å². The summed E-state index contributed by atoms with van der Waals surface area (Å²) in [6.07, 6.45) is 2.07. The van der Waals surface area contributed by atoms with Crippen LogP contribution in [0.2, 0.25) is 0 Å². The average Bonchev–Trinajstić information content (AvgIpc) is 2.85. The summed E-state index contributed by atoms with van der Waals surface area (Å²) in [7, 11) is 1.56. The van der Waals surface area contributed by atoms with Crippen LogP contribution in [0.15, 0.2) is 78.9 Å². The molecular formula is C27H29FN2O2. The highest BCUT2D eigenvalue weighted by Gasteiger charge is 2.44. The van der Waals surface area contributed by atoms with Crippen molar-refractivity contribution in [3.05, 3.63) is 101 Å². The van der Waals surface area contributed by atoms with Crippen LogP contribution in [-0.2, 0) is 11.8 Å². The second-order valence-electron chi connectivity index (χ2n) is 8.30. The summed E-state index contributed by atoms with van der Waals surface area (Å²) in [5.41, 5.74) is 1.73. The Balaban J connectivity index is 1.76. The van der Waals surface area contributed by atoms with E-state index in [1.165, 1.54) is 6.07 Å². The Hall–Kier alpha value is -3.18. The predicted octanol–water partition coefficient (Wildman–Crippen LogP) is 4.50. The first-order chi connectivity index (χ1) is 15.6. The average molecular weight is 433 g/mol. The fraction of sp³-hybridized carbons (Fsp3) is 0.296. The normalized spacial score (nSPS) is 16.2. The highest BCUT2D eigenvalue weighted by atomic mass is 19.1. The maximum atomic E-state index is 15.1. The molecule has 3 aromatic carbocycles. The van der Waals surface area contributed by atoms with E-state index in [2.05, 4.69) is 22.8 Å². The van der Waals surface area contributed by atoms with Crippen molar-refractivity contribution in [1.82, 2.24) is 10.6 Å². The number of para-hydroxylation sites is 1. The van der Waals surface area contributed by atoms with Crippen LogP contribution in [0.25, 0.3) is 0 Å². The second-order valence-corrected chi connectivity index (χ2v) is 8.30. The van der Waals surface area contributed by atoms with E-state index in [1.54, 1.807) is 25.3 Å². The molecular weight excluding hydrogens is 403 g/mol. The number of halogens is 1. The van der Waals surface area contributed by atoms with Crippen molar-refractivity contribution in [1.29, 1.82) is 0 Å². The van der Waals surface area contributed by atoms with Gasteiger partial charge in [-0.3, -0.25) is 4.79 Å². The molecule has 3 aromatic rings. The molecule has 2 N–H and O–H groups in total. The molecule has 1 fully saturated rings. The largest absolute Gasteiger partial charge is 0.496 e. The molecule has 1 aliphatic heterocycles. The maximum absolute atomic E-state index is 15.1. The van der Waals surface area contributed by atoms with E-state index < -0.39 is 5.41 Å². The van der Waals surface area contributed by atoms with E-state index in [-0.39, 0.29) is 17.8 Å². The van der Waals surface area contributed by atoms with Gasteiger partial charge in [0.05, 0.1) is 12.7 Å². The zero-order valence-electron chi connectivity index (χ0n) is 18.3. The van der Waals surface area contributed by atoms with Gasteiger partial charge >= 0.3 is 0 Å². The van der Waals surface area contributed by atoms with Crippen LogP contribution in [0.3, 0.4) is 0 Å². The van der Waals surface area contributed by atoms with Gasteiger partial charge in [0, 0.05) is 11.5 Å². The van der Waals surface area contributed by atoms with Crippen molar-refractivity contribution in [2.45, 2.75) is 30.7 Å². The van der Waals surface area contributed by atoms with Gasteiger partial charge < -0.3 is 15.4 Å². The molecule has 0 saturated carbocycles. The van der Waals surface area contributed by atoms with Gasteiger partial charge in [0.1, 0.15) is 11.6 Å². The zero-order chi connectivity index (χ0) is 22.4. The third-order valence-corrected chi connectivity index (χ3v) is 6.51. The topological polar surface area (TPSA) is 50.4 Å². The quantitative estimate of drug-likeness (QED) is 0.578. The van der Waals surface area contributed by atoms with Gasteiger partial charge in [-0.15, -0.1) is 0 Å². The lowest BCUT2D eigenvalue weighted by Gasteiger charge is -2.45. The number of amides is 1. The molecule has 1 atom stereocenters. The minimum atomic E-state index is -0.524. The molecule has 5 heteroatoms. The lowest BCUT2D eigenvalue weighted by Crippen LogP contribution is -2.56. The van der Waals surface area contributed by atoms with Crippen LogP contribution in [0.4, 0.5) is 4.39 Å². The van der Waals surface area contributed by atoms with Crippen molar-refractivity contribution in [2.75, 3.05) is 20.2 Å². The van der Waals surface area contributed by atoms with E-state index in [0.717, 1.165) is 31.5 Å². The van der Waals surface area contributed by atoms with Crippen LogP contribution in [0.5, 0.6) is 5.75 Å². The smallest absolute Gasteiger partial charge is 0.255 e. The molecule has 0 aliphatic carbocycles. The summed E-state index contributed by atoms with van der Waals surface area (Å²) in [5.74, 6) is 0.0883. The fourth-order valence-corrected chi connectivity index (χ4v) is 4.85. The molecule has 0 bridgehead atoms. The number of methoxy groups -OCH3 is 1. The molecule has 1 heterocycles. The molecule has 0 radical (unpaired) electrons. The summed E-state index contributed by atoms with van der Waals surface area (Å²) < 4.78 is 20.6. The predicted molar refractivity (Wildman–Crippen MR) is 125 cm³/mol. The Bertz CT molecular complexity index is 1050. The number of hydrogen-bond acceptors (Lipinski definition) is 3. The van der Waals surface area contributed by atoms with Gasteiger partial charge in [0.15, 0.2) is 0 Å². The van der Waals surface area contributed by atoms with Crippen molar-refractivity contribution >= 4 is 5.91 Å². The van der Waals surface area contributed by atoms with Gasteiger partial charge in [-0.2, -0.15) is 0 Å². The lowest BCUT2D eigenvalue weighted by atomic mass is 9.66. The first-order valence-corrected chi connectivity index (χ1v) is 11.1. The van der Waals surface area contributed by atoms with Gasteiger partial charge in [0.25, 0.3) is 5.91 Å². The summed E-state index contributed by atoms with van der Waals surface area (Å²) in [5, 5.41) is 6.67. The number of carbonyl (C=O) groups is 1. The molecule has 0 spiro atoms. The van der Waals surface area contributed by atoms with E-state index in [1.807, 2.05) is 42.5 Å². The van der Waals surface area contributed by atoms with Crippen molar-refractivity contribution < 1.29 is 13.9 Å². The highest BCUT2D eigenvalue weighted by Crippen LogP contribution is 2.40. The number of hydrogen-bond donors (Lipinski definition) is 2. The summed E-state index contributed by atoms with van der Waals surface area (Å²) >= 11 is 0. The van der Waals surface area contributed by atoms with Crippen LogP contribution >= 0.6 is 0 Å². The Morgan fingerprint density at radius 3 is 2.38 bits per heavy atom. The molecule has 1 saturated heterocycles. The Morgan fingerprint density at radius 2 is 1.66 bits per heavy atom. The summed E-state index contributed by atoms with van der Waals surface area (Å²) in [6.45, 7) is 1.54. The van der Waals surface area contributed by atoms with Crippen LogP contribution < -0.4 is 15.4 Å². The molecule has 1 amide bonds. The summed E-state index contributed by atoms with van der Waals surface area (Å²) in [4.78, 5) is 13.4. The lowest BCUT2D eigenvalue weighted by molar-refractivity contribution is 0.0893. The van der Waals surface area contributed by atoms with E-state index in [0.29, 0.717) is 23.3 Å². The minimum absolute atomic E-state index is 0.211. The van der Waals surface area contributed by atoms with Crippen molar-refractivity contribution in [3.8, 4) is 5.75 Å². The van der Waals surface area contributed by atoms with Crippen molar-refractivity contribution in [3.63, 3.8) is 0 Å². The Kier molecular flexibility index (Phi) is 6.86. The first-order valence-electron chi connectivity index (χ1n) is 11.1. The van der Waals surface area contributed by atoms with E-state index in [9.17, 15) is 4.79 Å². The van der Waals surface area contributed by atoms with Gasteiger partial charge in [-0.25, -0.2) is 4.39 Å². The second kappa shape index (κ2) is 9.96. The standard InChI is InChI=1S/C27H29FN2O2/c1-32-24-14-8-5-11-21(24)26(31)30-25(19-20-9-3-2-4-10-20)27(15-17-29-18-16-27)22-12-6-7-13-23(22)28/h2-14,25,29H,15-19H2,1H3,(H,30,31). The molecule has 0 aromatic heterocycles. The number of nitrogens with one attached hydrogen (secondary N) is 2. The van der Waals surface area contributed by atoms with E-state index in [4.69, 9.17) is 4.74 Å². The molecule has 1 unspecified atom stereocenters. The summed E-state index contributed by atoms with van der Waals surface area (Å²) in [6, 6.07) is 23.9. The molecule has 4 rings (SSSR count). The Morgan fingerprint density at radius 1 is 1.00 bits per heavy atom. The fourth-order valence-electron chi connectivity index (χ4n) is 4.85. The maximum Gasteiger partial charge on any atom is 0.255 e. The molecule has 4 nitrogen and oxygen atoms in total. The van der Waals surface area contributed by atoms with Gasteiger partial charge in [-0.05, 0) is 61.7 Å². The number of benzene rings is 3. The van der Waals surface area contributed by atoms with Crippen LogP contribution in [-0.4, -0.2) is 32.1 Å². The number of piperidine rings is 1. The van der Waals surface area contributed by atoms with Gasteiger partial charge in [-0.1, -0.05) is 60.7 Å². The highest BCUT2D eigenvalue weighted by molar-refractivity contribution is 5.97. The zero-order valence-corrected chi connectivity index (χ0v) is 18.3. The third kappa shape index (κ3) is 4.53. The van der Waals surface area contributed by atoms with Crippen molar-refractivity contribution in [2.24, 2.45) is 0 Å². The minimum Gasteiger partial charge on any atom is -0.496 e. The number of rotatable bonds is 7.